The topological polar surface area (TPSA) is 17.8 Å². The molecule has 1 aliphatic rings. The largest absolute Gasteiger partial charge is 0.269 e. The molecule has 0 radical (unpaired) electrons. The van der Waals surface area contributed by atoms with Gasteiger partial charge in [-0.3, -0.25) is 4.68 Å². The fraction of sp³-hybridized carbons (Fsp3) is 0.750. The fourth-order valence-electron chi connectivity index (χ4n) is 2.09. The highest BCUT2D eigenvalue weighted by molar-refractivity contribution is 5.15. The van der Waals surface area contributed by atoms with Gasteiger partial charge in [-0.1, -0.05) is 33.6 Å². The van der Waals surface area contributed by atoms with Crippen molar-refractivity contribution in [2.75, 3.05) is 0 Å². The second-order valence-corrected chi connectivity index (χ2v) is 5.40. The maximum Gasteiger partial charge on any atom is 0.0527 e. The minimum atomic E-state index is 0.233. The lowest BCUT2D eigenvalue weighted by atomic mass is 9.90. The van der Waals surface area contributed by atoms with E-state index >= 15 is 0 Å². The van der Waals surface area contributed by atoms with Gasteiger partial charge in [0, 0.05) is 6.20 Å². The molecule has 1 fully saturated rings. The molecular formula is C12H20N2. The van der Waals surface area contributed by atoms with Gasteiger partial charge in [-0.05, 0) is 23.8 Å². The first-order chi connectivity index (χ1) is 6.57. The first kappa shape index (κ1) is 9.75. The molecule has 0 aliphatic heterocycles. The lowest BCUT2D eigenvalue weighted by Crippen LogP contribution is -2.10. The third-order valence-electron chi connectivity index (χ3n) is 3.17. The predicted octanol–water partition coefficient (Wildman–Crippen LogP) is 3.30. The van der Waals surface area contributed by atoms with Gasteiger partial charge in [-0.2, -0.15) is 5.10 Å². The van der Waals surface area contributed by atoms with Crippen LogP contribution in [0.4, 0.5) is 0 Å². The van der Waals surface area contributed by atoms with Crippen molar-refractivity contribution in [3.63, 3.8) is 0 Å². The van der Waals surface area contributed by atoms with Gasteiger partial charge in [0.1, 0.15) is 0 Å². The minimum absolute atomic E-state index is 0.233. The molecule has 2 heteroatoms. The molecule has 0 saturated heterocycles. The Bertz CT molecular complexity index is 300. The van der Waals surface area contributed by atoms with Crippen LogP contribution in [0.5, 0.6) is 0 Å². The molecule has 2 nitrogen and oxygen atoms in total. The molecule has 0 aromatic carbocycles. The molecule has 2 rings (SSSR count). The molecule has 1 aromatic rings. The molecule has 0 atom stereocenters. The summed E-state index contributed by atoms with van der Waals surface area (Å²) in [5.74, 6) is 0. The van der Waals surface area contributed by atoms with Gasteiger partial charge in [0.15, 0.2) is 0 Å². The van der Waals surface area contributed by atoms with Crippen LogP contribution in [0.2, 0.25) is 0 Å². The Kier molecular flexibility index (Phi) is 2.38. The summed E-state index contributed by atoms with van der Waals surface area (Å²) in [4.78, 5) is 0. The zero-order valence-corrected chi connectivity index (χ0v) is 9.45. The lowest BCUT2D eigenvalue weighted by Gasteiger charge is -2.15. The van der Waals surface area contributed by atoms with Crippen LogP contribution in [0, 0.1) is 0 Å². The van der Waals surface area contributed by atoms with Gasteiger partial charge in [0.2, 0.25) is 0 Å². The molecule has 0 spiro atoms. The van der Waals surface area contributed by atoms with Crippen molar-refractivity contribution in [3.8, 4) is 0 Å². The maximum atomic E-state index is 4.48. The third-order valence-corrected chi connectivity index (χ3v) is 3.17. The van der Waals surface area contributed by atoms with Crippen LogP contribution in [0.25, 0.3) is 0 Å². The number of hydrogen-bond acceptors (Lipinski definition) is 1. The van der Waals surface area contributed by atoms with E-state index in [1.807, 2.05) is 6.20 Å². The minimum Gasteiger partial charge on any atom is -0.269 e. The molecule has 0 amide bonds. The Morgan fingerprint density at radius 1 is 1.29 bits per heavy atom. The monoisotopic (exact) mass is 192 g/mol. The summed E-state index contributed by atoms with van der Waals surface area (Å²) < 4.78 is 2.17. The highest BCUT2D eigenvalue weighted by Crippen LogP contribution is 2.30. The summed E-state index contributed by atoms with van der Waals surface area (Å²) in [6.45, 7) is 6.72. The van der Waals surface area contributed by atoms with Gasteiger partial charge in [0.05, 0.1) is 12.2 Å². The maximum absolute atomic E-state index is 4.48. The van der Waals surface area contributed by atoms with Crippen molar-refractivity contribution in [1.29, 1.82) is 0 Å². The lowest BCUT2D eigenvalue weighted by molar-refractivity contribution is 0.465. The molecule has 1 aromatic heterocycles. The van der Waals surface area contributed by atoms with Crippen molar-refractivity contribution >= 4 is 0 Å². The summed E-state index contributed by atoms with van der Waals surface area (Å²) in [6.07, 6.45) is 9.62. The molecule has 0 unspecified atom stereocenters. The summed E-state index contributed by atoms with van der Waals surface area (Å²) in [5.41, 5.74) is 1.58. The quantitative estimate of drug-likeness (QED) is 0.667. The zero-order chi connectivity index (χ0) is 10.2. The van der Waals surface area contributed by atoms with Crippen molar-refractivity contribution in [3.05, 3.63) is 18.0 Å². The standard InChI is InChI=1S/C12H20N2/c1-12(2,3)10-8-13-14(9-10)11-6-4-5-7-11/h8-9,11H,4-7H2,1-3H3. The smallest absolute Gasteiger partial charge is 0.0527 e. The van der Waals surface area contributed by atoms with Gasteiger partial charge >= 0.3 is 0 Å². The van der Waals surface area contributed by atoms with Gasteiger partial charge < -0.3 is 0 Å². The Morgan fingerprint density at radius 2 is 1.93 bits per heavy atom. The van der Waals surface area contributed by atoms with Crippen molar-refractivity contribution in [1.82, 2.24) is 9.78 Å². The van der Waals surface area contributed by atoms with Crippen LogP contribution < -0.4 is 0 Å². The highest BCUT2D eigenvalue weighted by atomic mass is 15.3. The Morgan fingerprint density at radius 3 is 2.43 bits per heavy atom. The van der Waals surface area contributed by atoms with Crippen molar-refractivity contribution < 1.29 is 0 Å². The number of aromatic nitrogens is 2. The Labute approximate surface area is 86.3 Å². The molecule has 0 bridgehead atoms. The van der Waals surface area contributed by atoms with Crippen LogP contribution in [0.15, 0.2) is 12.4 Å². The second kappa shape index (κ2) is 3.41. The van der Waals surface area contributed by atoms with E-state index in [0.29, 0.717) is 6.04 Å². The average Bonchev–Trinajstić information content (AvgIpc) is 2.73. The average molecular weight is 192 g/mol. The van der Waals surface area contributed by atoms with Gasteiger partial charge in [-0.25, -0.2) is 0 Å². The predicted molar refractivity (Wildman–Crippen MR) is 58.4 cm³/mol. The molecule has 1 aliphatic carbocycles. The molecule has 0 N–H and O–H groups in total. The van der Waals surface area contributed by atoms with E-state index in [1.165, 1.54) is 31.2 Å². The number of nitrogens with zero attached hydrogens (tertiary/aromatic N) is 2. The SMILES string of the molecule is CC(C)(C)c1cnn(C2CCCC2)c1. The zero-order valence-electron chi connectivity index (χ0n) is 9.45. The van der Waals surface area contributed by atoms with Crippen LogP contribution >= 0.6 is 0 Å². The number of hydrogen-bond donors (Lipinski definition) is 0. The van der Waals surface area contributed by atoms with E-state index in [9.17, 15) is 0 Å². The van der Waals surface area contributed by atoms with E-state index in [2.05, 4.69) is 36.7 Å². The van der Waals surface area contributed by atoms with E-state index in [0.717, 1.165) is 0 Å². The molecular weight excluding hydrogens is 172 g/mol. The van der Waals surface area contributed by atoms with Gasteiger partial charge in [0.25, 0.3) is 0 Å². The van der Waals surface area contributed by atoms with Crippen molar-refractivity contribution in [2.24, 2.45) is 0 Å². The number of rotatable bonds is 1. The van der Waals surface area contributed by atoms with Crippen LogP contribution in [-0.4, -0.2) is 9.78 Å². The van der Waals surface area contributed by atoms with Gasteiger partial charge in [-0.15, -0.1) is 0 Å². The molecule has 78 valence electrons. The Hall–Kier alpha value is -0.790. The normalized spacial score (nSPS) is 19.1. The van der Waals surface area contributed by atoms with E-state index in [-0.39, 0.29) is 5.41 Å². The summed E-state index contributed by atoms with van der Waals surface area (Å²) in [5, 5.41) is 4.48. The van der Waals surface area contributed by atoms with E-state index in [4.69, 9.17) is 0 Å². The van der Waals surface area contributed by atoms with Crippen LogP contribution in [0.1, 0.15) is 58.1 Å². The van der Waals surface area contributed by atoms with E-state index in [1.54, 1.807) is 0 Å². The second-order valence-electron chi connectivity index (χ2n) is 5.40. The van der Waals surface area contributed by atoms with Crippen LogP contribution in [0.3, 0.4) is 0 Å². The first-order valence-electron chi connectivity index (χ1n) is 5.62. The third kappa shape index (κ3) is 1.84. The first-order valence-corrected chi connectivity index (χ1v) is 5.62. The van der Waals surface area contributed by atoms with E-state index < -0.39 is 0 Å². The molecule has 14 heavy (non-hydrogen) atoms. The Balaban J connectivity index is 2.17. The van der Waals surface area contributed by atoms with Crippen molar-refractivity contribution in [2.45, 2.75) is 57.9 Å². The fourth-order valence-corrected chi connectivity index (χ4v) is 2.09. The molecule has 1 saturated carbocycles. The van der Waals surface area contributed by atoms with Crippen LogP contribution in [-0.2, 0) is 5.41 Å². The molecule has 1 heterocycles. The summed E-state index contributed by atoms with van der Waals surface area (Å²) >= 11 is 0. The summed E-state index contributed by atoms with van der Waals surface area (Å²) in [7, 11) is 0. The highest BCUT2D eigenvalue weighted by Gasteiger charge is 2.20. The summed E-state index contributed by atoms with van der Waals surface area (Å²) in [6, 6.07) is 0.672.